The number of thiazole rings is 1. The zero-order chi connectivity index (χ0) is 41.3. The van der Waals surface area contributed by atoms with Crippen LogP contribution in [0.25, 0.3) is 21.3 Å². The van der Waals surface area contributed by atoms with E-state index in [4.69, 9.17) is 24.2 Å². The molecular formula is C45H38N10O5S. The molecule has 2 aliphatic heterocycles. The van der Waals surface area contributed by atoms with Crippen molar-refractivity contribution in [3.63, 3.8) is 0 Å². The number of para-hydroxylation sites is 3. The summed E-state index contributed by atoms with van der Waals surface area (Å²) in [6.07, 6.45) is 5.92. The molecule has 16 heteroatoms. The van der Waals surface area contributed by atoms with E-state index in [-0.39, 0.29) is 48.0 Å². The van der Waals surface area contributed by atoms with Crippen LogP contribution in [0.2, 0.25) is 0 Å². The third kappa shape index (κ3) is 8.18. The zero-order valence-corrected chi connectivity index (χ0v) is 33.6. The number of nitrogens with one attached hydrogen (secondary N) is 3. The number of H-pyrrole nitrogens is 1. The molecule has 2 fully saturated rings. The Labute approximate surface area is 353 Å². The minimum Gasteiger partial charge on any atom is -0.437 e. The van der Waals surface area contributed by atoms with E-state index in [9.17, 15) is 9.59 Å². The van der Waals surface area contributed by atoms with Crippen molar-refractivity contribution in [3.05, 3.63) is 138 Å². The molecule has 4 aromatic heterocycles. The summed E-state index contributed by atoms with van der Waals surface area (Å²) in [6.45, 7) is 2.98. The second-order valence-electron chi connectivity index (χ2n) is 14.9. The number of carbonyl (C=O) groups is 2. The largest absolute Gasteiger partial charge is 0.437 e. The maximum Gasteiger partial charge on any atom is 0.263 e. The average molecular weight is 831 g/mol. The molecule has 61 heavy (non-hydrogen) atoms. The van der Waals surface area contributed by atoms with Crippen LogP contribution in [0.3, 0.4) is 0 Å². The highest BCUT2D eigenvalue weighted by atomic mass is 32.1. The number of aromatic amines is 1. The number of fused-ring (bicyclic) bond motifs is 2. The summed E-state index contributed by atoms with van der Waals surface area (Å²) < 4.78 is 20.2. The number of hydrogen-bond acceptors (Lipinski definition) is 14. The first-order chi connectivity index (χ1) is 29.9. The molecule has 1 unspecified atom stereocenters. The summed E-state index contributed by atoms with van der Waals surface area (Å²) in [6, 6.07) is 29.9. The normalized spacial score (nSPS) is 17.9. The van der Waals surface area contributed by atoms with Gasteiger partial charge in [0, 0.05) is 42.1 Å². The SMILES string of the molecule is C[C@H]1CN(c2ncc(C3CC[C@H](c4nccnc4Oc4ccc(C(=O)c5nc6ccccc6[nH]5)cc4)CO3)nc2Oc2ccc(Nc3nc4ccccc4s3)cc2)CC(=O)N1. The van der Waals surface area contributed by atoms with Crippen molar-refractivity contribution in [3.8, 4) is 23.3 Å². The van der Waals surface area contributed by atoms with Crippen molar-refractivity contribution in [2.75, 3.05) is 29.9 Å². The molecule has 4 aromatic carbocycles. The van der Waals surface area contributed by atoms with Crippen LogP contribution in [0, 0.1) is 0 Å². The highest BCUT2D eigenvalue weighted by Crippen LogP contribution is 2.40. The number of hydrogen-bond donors (Lipinski definition) is 3. The monoisotopic (exact) mass is 830 g/mol. The Morgan fingerprint density at radius 2 is 1.59 bits per heavy atom. The number of imidazole rings is 1. The van der Waals surface area contributed by atoms with E-state index in [2.05, 4.69) is 35.6 Å². The fraction of sp³-hybridized carbons (Fsp3) is 0.200. The van der Waals surface area contributed by atoms with Crippen LogP contribution in [0.1, 0.15) is 59.4 Å². The number of ketones is 1. The number of piperazine rings is 1. The van der Waals surface area contributed by atoms with Crippen molar-refractivity contribution in [1.29, 1.82) is 0 Å². The van der Waals surface area contributed by atoms with Gasteiger partial charge in [-0.1, -0.05) is 35.6 Å². The van der Waals surface area contributed by atoms with E-state index >= 15 is 0 Å². The minimum atomic E-state index is -0.359. The highest BCUT2D eigenvalue weighted by Gasteiger charge is 2.31. The van der Waals surface area contributed by atoms with Gasteiger partial charge in [0.05, 0.1) is 46.3 Å². The van der Waals surface area contributed by atoms with Gasteiger partial charge >= 0.3 is 0 Å². The topological polar surface area (TPSA) is 182 Å². The highest BCUT2D eigenvalue weighted by molar-refractivity contribution is 7.22. The maximum atomic E-state index is 13.2. The van der Waals surface area contributed by atoms with E-state index in [1.54, 1.807) is 54.2 Å². The van der Waals surface area contributed by atoms with Gasteiger partial charge in [0.25, 0.3) is 5.88 Å². The van der Waals surface area contributed by atoms with Crippen LogP contribution in [-0.2, 0) is 9.53 Å². The molecule has 0 bridgehead atoms. The fourth-order valence-corrected chi connectivity index (χ4v) is 8.45. The smallest absolute Gasteiger partial charge is 0.263 e. The molecule has 304 valence electrons. The quantitative estimate of drug-likeness (QED) is 0.106. The summed E-state index contributed by atoms with van der Waals surface area (Å²) >= 11 is 1.59. The van der Waals surface area contributed by atoms with E-state index in [0.29, 0.717) is 59.7 Å². The summed E-state index contributed by atoms with van der Waals surface area (Å²) in [5, 5.41) is 7.14. The number of ether oxygens (including phenoxy) is 3. The van der Waals surface area contributed by atoms with Crippen LogP contribution in [0.15, 0.2) is 116 Å². The van der Waals surface area contributed by atoms with Crippen molar-refractivity contribution in [1.82, 2.24) is 40.2 Å². The van der Waals surface area contributed by atoms with Gasteiger partial charge in [-0.05, 0) is 92.6 Å². The van der Waals surface area contributed by atoms with Crippen LogP contribution in [-0.4, -0.2) is 72.3 Å². The molecule has 10 rings (SSSR count). The molecule has 3 atom stereocenters. The first-order valence-corrected chi connectivity index (χ1v) is 20.7. The van der Waals surface area contributed by atoms with E-state index in [0.717, 1.165) is 38.5 Å². The van der Waals surface area contributed by atoms with Crippen LogP contribution >= 0.6 is 11.3 Å². The number of aromatic nitrogens is 7. The first kappa shape index (κ1) is 37.9. The number of benzene rings is 4. The van der Waals surface area contributed by atoms with Crippen molar-refractivity contribution >= 4 is 60.9 Å². The standard InChI is InChI=1S/C45H38N10O5S/c1-26-23-55(24-38(56)49-26)42-44(60-31-17-13-29(14-18-31)50-45-54-34-8-4-5-9-37(34)61-45)53-35(22-48-42)36-19-12-28(25-58-36)39-43(47-21-20-46-39)59-30-15-10-27(11-16-30)40(57)41-51-32-6-2-3-7-33(32)52-41/h2-11,13-18,20-22,26,28,36H,12,19,23-25H2,1H3,(H,49,56)(H,50,54)(H,51,52)/t26-,28-,36?/m0/s1. The molecule has 1 amide bonds. The second kappa shape index (κ2) is 16.4. The molecule has 6 heterocycles. The molecule has 0 radical (unpaired) electrons. The third-order valence-electron chi connectivity index (χ3n) is 10.5. The van der Waals surface area contributed by atoms with Crippen LogP contribution in [0.5, 0.6) is 23.3 Å². The summed E-state index contributed by atoms with van der Waals surface area (Å²) in [5.74, 6) is 2.07. The van der Waals surface area contributed by atoms with Crippen molar-refractivity contribution in [2.24, 2.45) is 0 Å². The fourth-order valence-electron chi connectivity index (χ4n) is 7.56. The van der Waals surface area contributed by atoms with E-state index in [1.165, 1.54) is 0 Å². The van der Waals surface area contributed by atoms with Gasteiger partial charge in [0.2, 0.25) is 17.6 Å². The predicted octanol–water partition coefficient (Wildman–Crippen LogP) is 8.27. The van der Waals surface area contributed by atoms with Gasteiger partial charge in [0.1, 0.15) is 23.3 Å². The number of anilines is 3. The zero-order valence-electron chi connectivity index (χ0n) is 32.8. The van der Waals surface area contributed by atoms with Gasteiger partial charge in [0.15, 0.2) is 16.8 Å². The molecule has 8 aromatic rings. The Hall–Kier alpha value is -7.30. The molecule has 15 nitrogen and oxygen atoms in total. The van der Waals surface area contributed by atoms with Crippen molar-refractivity contribution in [2.45, 2.75) is 37.8 Å². The second-order valence-corrected chi connectivity index (χ2v) is 15.9. The van der Waals surface area contributed by atoms with Crippen LogP contribution in [0.4, 0.5) is 16.6 Å². The predicted molar refractivity (Wildman–Crippen MR) is 230 cm³/mol. The molecule has 0 spiro atoms. The summed E-state index contributed by atoms with van der Waals surface area (Å²) in [5.41, 5.74) is 5.11. The lowest BCUT2D eigenvalue weighted by Gasteiger charge is -2.33. The molecule has 2 aliphatic rings. The Morgan fingerprint density at radius 3 is 2.36 bits per heavy atom. The molecule has 3 N–H and O–H groups in total. The van der Waals surface area contributed by atoms with Crippen LogP contribution < -0.4 is 25.0 Å². The lowest BCUT2D eigenvalue weighted by atomic mass is 9.94. The van der Waals surface area contributed by atoms with Gasteiger partial charge in [-0.2, -0.15) is 0 Å². The molecule has 2 saturated heterocycles. The minimum absolute atomic E-state index is 0.0748. The van der Waals surface area contributed by atoms with E-state index in [1.807, 2.05) is 84.6 Å². The lowest BCUT2D eigenvalue weighted by molar-refractivity contribution is -0.121. The Bertz CT molecular complexity index is 2810. The lowest BCUT2D eigenvalue weighted by Crippen LogP contribution is -2.53. The Balaban J connectivity index is 0.826. The summed E-state index contributed by atoms with van der Waals surface area (Å²) in [4.78, 5) is 58.8. The number of rotatable bonds is 11. The molecule has 0 aliphatic carbocycles. The summed E-state index contributed by atoms with van der Waals surface area (Å²) in [7, 11) is 0. The van der Waals surface area contributed by atoms with Gasteiger partial charge in [-0.25, -0.2) is 24.9 Å². The first-order valence-electron chi connectivity index (χ1n) is 19.9. The van der Waals surface area contributed by atoms with Gasteiger partial charge in [-0.15, -0.1) is 0 Å². The Morgan fingerprint density at radius 1 is 0.836 bits per heavy atom. The number of amides is 1. The molecular weight excluding hydrogens is 793 g/mol. The third-order valence-corrected chi connectivity index (χ3v) is 11.5. The Kier molecular flexibility index (Phi) is 10.2. The van der Waals surface area contributed by atoms with Gasteiger partial charge in [-0.3, -0.25) is 14.6 Å². The molecule has 0 saturated carbocycles. The number of nitrogens with zero attached hydrogens (tertiary/aromatic N) is 7. The van der Waals surface area contributed by atoms with E-state index < -0.39 is 0 Å². The maximum absolute atomic E-state index is 13.2. The van der Waals surface area contributed by atoms with Gasteiger partial charge < -0.3 is 34.7 Å². The average Bonchev–Trinajstić information content (AvgIpc) is 3.91. The number of carbonyl (C=O) groups excluding carboxylic acids is 2. The van der Waals surface area contributed by atoms with Crippen molar-refractivity contribution < 1.29 is 23.8 Å².